The van der Waals surface area contributed by atoms with Gasteiger partial charge >= 0.3 is 0 Å². The van der Waals surface area contributed by atoms with E-state index in [9.17, 15) is 4.79 Å². The first-order valence-electron chi connectivity index (χ1n) is 10.4. The van der Waals surface area contributed by atoms with E-state index in [0.717, 1.165) is 37.6 Å². The van der Waals surface area contributed by atoms with Crippen LogP contribution >= 0.6 is 0 Å². The molecular weight excluding hydrogens is 362 g/mol. The van der Waals surface area contributed by atoms with Crippen LogP contribution in [0.25, 0.3) is 0 Å². The minimum atomic E-state index is -0.573. The summed E-state index contributed by atoms with van der Waals surface area (Å²) in [7, 11) is 2.15. The molecule has 29 heavy (non-hydrogen) atoms. The number of anilines is 2. The highest BCUT2D eigenvalue weighted by Crippen LogP contribution is 2.24. The zero-order valence-electron chi connectivity index (χ0n) is 18.2. The van der Waals surface area contributed by atoms with Gasteiger partial charge in [-0.15, -0.1) is 0 Å². The summed E-state index contributed by atoms with van der Waals surface area (Å²) in [5.41, 5.74) is 4.47. The van der Waals surface area contributed by atoms with E-state index in [1.807, 2.05) is 24.3 Å². The first-order valence-corrected chi connectivity index (χ1v) is 10.4. The van der Waals surface area contributed by atoms with E-state index in [0.29, 0.717) is 5.92 Å². The molecule has 0 saturated carbocycles. The second-order valence-corrected chi connectivity index (χ2v) is 8.26. The van der Waals surface area contributed by atoms with Crippen LogP contribution in [0.3, 0.4) is 0 Å². The number of ether oxygens (including phenoxy) is 1. The molecule has 5 nitrogen and oxygen atoms in total. The van der Waals surface area contributed by atoms with Crippen LogP contribution in [0, 0.1) is 6.92 Å². The van der Waals surface area contributed by atoms with Gasteiger partial charge in [0, 0.05) is 37.6 Å². The molecule has 1 N–H and O–H groups in total. The molecule has 0 spiro atoms. The lowest BCUT2D eigenvalue weighted by molar-refractivity contribution is -0.122. The Kier molecular flexibility index (Phi) is 6.80. The number of carbonyl (C=O) groups excluding carboxylic acids is 1. The van der Waals surface area contributed by atoms with Crippen molar-refractivity contribution in [2.24, 2.45) is 0 Å². The fourth-order valence-corrected chi connectivity index (χ4v) is 3.69. The van der Waals surface area contributed by atoms with Gasteiger partial charge in [0.2, 0.25) is 0 Å². The van der Waals surface area contributed by atoms with Gasteiger partial charge in [-0.25, -0.2) is 0 Å². The molecule has 1 amide bonds. The van der Waals surface area contributed by atoms with Crippen LogP contribution in [-0.4, -0.2) is 50.1 Å². The van der Waals surface area contributed by atoms with Gasteiger partial charge in [-0.05, 0) is 74.3 Å². The number of rotatable bonds is 6. The van der Waals surface area contributed by atoms with Gasteiger partial charge in [-0.2, -0.15) is 0 Å². The summed E-state index contributed by atoms with van der Waals surface area (Å²) in [6.07, 6.45) is -0.573. The van der Waals surface area contributed by atoms with Crippen molar-refractivity contribution in [2.75, 3.05) is 43.4 Å². The molecule has 1 aliphatic heterocycles. The average molecular weight is 396 g/mol. The Hall–Kier alpha value is -2.53. The van der Waals surface area contributed by atoms with Crippen LogP contribution in [0.15, 0.2) is 42.5 Å². The lowest BCUT2D eigenvalue weighted by Crippen LogP contribution is -2.44. The van der Waals surface area contributed by atoms with E-state index in [4.69, 9.17) is 4.74 Å². The van der Waals surface area contributed by atoms with Crippen molar-refractivity contribution in [2.45, 2.75) is 39.7 Å². The smallest absolute Gasteiger partial charge is 0.265 e. The van der Waals surface area contributed by atoms with Crippen LogP contribution in [0.1, 0.15) is 37.8 Å². The highest BCUT2D eigenvalue weighted by Gasteiger charge is 2.17. The number of benzene rings is 2. The van der Waals surface area contributed by atoms with E-state index in [-0.39, 0.29) is 5.91 Å². The molecule has 0 aromatic heterocycles. The van der Waals surface area contributed by atoms with Gasteiger partial charge in [-0.3, -0.25) is 4.79 Å². The molecule has 1 fully saturated rings. The minimum absolute atomic E-state index is 0.150. The molecule has 0 bridgehead atoms. The molecule has 0 aliphatic carbocycles. The Labute approximate surface area is 174 Å². The number of likely N-dealkylation sites (N-methyl/N-ethyl adjacent to an activating group) is 1. The Bertz CT molecular complexity index is 825. The second-order valence-electron chi connectivity index (χ2n) is 8.26. The second kappa shape index (κ2) is 9.31. The van der Waals surface area contributed by atoms with Crippen molar-refractivity contribution < 1.29 is 9.53 Å². The molecule has 156 valence electrons. The zero-order chi connectivity index (χ0) is 21.0. The van der Waals surface area contributed by atoms with Gasteiger partial charge in [0.05, 0.1) is 0 Å². The van der Waals surface area contributed by atoms with Crippen molar-refractivity contribution >= 4 is 17.3 Å². The number of piperazine rings is 1. The maximum absolute atomic E-state index is 12.5. The molecule has 1 atom stereocenters. The summed E-state index contributed by atoms with van der Waals surface area (Å²) in [6, 6.07) is 14.1. The number of amides is 1. The predicted octanol–water partition coefficient (Wildman–Crippen LogP) is 4.28. The Balaban J connectivity index is 1.56. The first-order chi connectivity index (χ1) is 13.8. The molecule has 1 aliphatic rings. The fourth-order valence-electron chi connectivity index (χ4n) is 3.69. The fraction of sp³-hybridized carbons (Fsp3) is 0.458. The van der Waals surface area contributed by atoms with E-state index in [1.54, 1.807) is 6.92 Å². The minimum Gasteiger partial charge on any atom is -0.481 e. The lowest BCUT2D eigenvalue weighted by Gasteiger charge is -2.34. The van der Waals surface area contributed by atoms with Gasteiger partial charge in [0.25, 0.3) is 5.91 Å². The Morgan fingerprint density at radius 2 is 1.66 bits per heavy atom. The van der Waals surface area contributed by atoms with Crippen LogP contribution < -0.4 is 15.0 Å². The highest BCUT2D eigenvalue weighted by molar-refractivity contribution is 5.94. The summed E-state index contributed by atoms with van der Waals surface area (Å²) in [6.45, 7) is 12.4. The third kappa shape index (κ3) is 5.51. The van der Waals surface area contributed by atoms with Crippen LogP contribution in [-0.2, 0) is 4.79 Å². The summed E-state index contributed by atoms with van der Waals surface area (Å²) in [5.74, 6) is 1.04. The number of nitrogens with one attached hydrogen (secondary N) is 1. The molecule has 2 aromatic rings. The Morgan fingerprint density at radius 3 is 2.24 bits per heavy atom. The summed E-state index contributed by atoms with van der Waals surface area (Å²) in [4.78, 5) is 17.3. The molecule has 5 heteroatoms. The third-order valence-electron chi connectivity index (χ3n) is 5.55. The summed E-state index contributed by atoms with van der Waals surface area (Å²) in [5, 5.41) is 2.95. The van der Waals surface area contributed by atoms with Crippen LogP contribution in [0.5, 0.6) is 5.75 Å². The number of carbonyl (C=O) groups is 1. The molecule has 1 saturated heterocycles. The normalized spacial score (nSPS) is 16.0. The average Bonchev–Trinajstić information content (AvgIpc) is 2.69. The van der Waals surface area contributed by atoms with E-state index >= 15 is 0 Å². The van der Waals surface area contributed by atoms with Crippen molar-refractivity contribution in [1.82, 2.24) is 4.90 Å². The first kappa shape index (κ1) is 21.2. The monoisotopic (exact) mass is 395 g/mol. The van der Waals surface area contributed by atoms with Crippen molar-refractivity contribution in [1.29, 1.82) is 0 Å². The highest BCUT2D eigenvalue weighted by atomic mass is 16.5. The maximum atomic E-state index is 12.5. The SMILES string of the molecule is Cc1cc(O[C@@H](C)C(=O)Nc2ccc(N3CCN(C)CC3)cc2)ccc1C(C)C. The molecule has 2 aromatic carbocycles. The third-order valence-corrected chi connectivity index (χ3v) is 5.55. The zero-order valence-corrected chi connectivity index (χ0v) is 18.2. The van der Waals surface area contributed by atoms with E-state index < -0.39 is 6.10 Å². The number of hydrogen-bond acceptors (Lipinski definition) is 4. The summed E-state index contributed by atoms with van der Waals surface area (Å²) < 4.78 is 5.87. The number of nitrogens with zero attached hydrogens (tertiary/aromatic N) is 2. The number of aryl methyl sites for hydroxylation is 1. The van der Waals surface area contributed by atoms with Gasteiger partial charge in [0.1, 0.15) is 5.75 Å². The largest absolute Gasteiger partial charge is 0.481 e. The molecular formula is C24H33N3O2. The molecule has 1 heterocycles. The van der Waals surface area contributed by atoms with Crippen molar-refractivity contribution in [3.8, 4) is 5.75 Å². The quantitative estimate of drug-likeness (QED) is 0.793. The van der Waals surface area contributed by atoms with Crippen LogP contribution in [0.4, 0.5) is 11.4 Å². The van der Waals surface area contributed by atoms with E-state index in [1.165, 1.54) is 16.8 Å². The molecule has 3 rings (SSSR count). The lowest BCUT2D eigenvalue weighted by atomic mass is 9.98. The Morgan fingerprint density at radius 1 is 1.00 bits per heavy atom. The predicted molar refractivity (Wildman–Crippen MR) is 120 cm³/mol. The maximum Gasteiger partial charge on any atom is 0.265 e. The van der Waals surface area contributed by atoms with Crippen molar-refractivity contribution in [3.63, 3.8) is 0 Å². The summed E-state index contributed by atoms with van der Waals surface area (Å²) >= 11 is 0. The van der Waals surface area contributed by atoms with Gasteiger partial charge in [-0.1, -0.05) is 19.9 Å². The van der Waals surface area contributed by atoms with E-state index in [2.05, 4.69) is 61.1 Å². The molecule has 0 radical (unpaired) electrons. The number of hydrogen-bond donors (Lipinski definition) is 1. The standard InChI is InChI=1S/C24H33N3O2/c1-17(2)23-11-10-22(16-18(23)3)29-19(4)24(28)25-20-6-8-21(9-7-20)27-14-12-26(5)13-15-27/h6-11,16-17,19H,12-15H2,1-5H3,(H,25,28)/t19-/m0/s1. The molecule has 0 unspecified atom stereocenters. The topological polar surface area (TPSA) is 44.8 Å². The van der Waals surface area contributed by atoms with Crippen molar-refractivity contribution in [3.05, 3.63) is 53.6 Å². The van der Waals surface area contributed by atoms with Crippen LogP contribution in [0.2, 0.25) is 0 Å². The van der Waals surface area contributed by atoms with Gasteiger partial charge < -0.3 is 19.9 Å². The van der Waals surface area contributed by atoms with Gasteiger partial charge in [0.15, 0.2) is 6.10 Å².